The molecule has 1 aromatic carbocycles. The van der Waals surface area contributed by atoms with E-state index in [-0.39, 0.29) is 12.0 Å². The molecule has 3 unspecified atom stereocenters. The molecule has 0 heterocycles. The van der Waals surface area contributed by atoms with Gasteiger partial charge in [-0.1, -0.05) is 18.9 Å². The van der Waals surface area contributed by atoms with Crippen molar-refractivity contribution >= 4 is 0 Å². The van der Waals surface area contributed by atoms with E-state index in [9.17, 15) is 17.6 Å². The van der Waals surface area contributed by atoms with Crippen LogP contribution in [0.5, 0.6) is 0 Å². The molecule has 3 N–H and O–H groups in total. The van der Waals surface area contributed by atoms with E-state index in [0.717, 1.165) is 25.0 Å². The van der Waals surface area contributed by atoms with Crippen molar-refractivity contribution < 1.29 is 17.6 Å². The standard InChI is InChI=1S/C15H18F4N2/c16-12-6-5-8(7-11(12)15(17,18)19)14(21-20)13-9-3-1-2-4-10(9)13/h5-7,9-10,13-14,21H,1-4,20H2. The van der Waals surface area contributed by atoms with E-state index in [0.29, 0.717) is 17.4 Å². The third-order valence-corrected chi connectivity index (χ3v) is 4.94. The number of rotatable bonds is 3. The summed E-state index contributed by atoms with van der Waals surface area (Å²) in [5, 5.41) is 0. The number of nitrogens with two attached hydrogens (primary N) is 1. The molecule has 3 rings (SSSR count). The number of hydrazine groups is 1. The van der Waals surface area contributed by atoms with Crippen molar-refractivity contribution in [2.45, 2.75) is 37.9 Å². The molecule has 2 nitrogen and oxygen atoms in total. The van der Waals surface area contributed by atoms with Crippen LogP contribution in [0.3, 0.4) is 0 Å². The van der Waals surface area contributed by atoms with Crippen LogP contribution >= 0.6 is 0 Å². The van der Waals surface area contributed by atoms with Gasteiger partial charge in [0.1, 0.15) is 5.82 Å². The Labute approximate surface area is 120 Å². The maximum absolute atomic E-state index is 13.4. The topological polar surface area (TPSA) is 38.0 Å². The zero-order chi connectivity index (χ0) is 15.2. The summed E-state index contributed by atoms with van der Waals surface area (Å²) in [6.45, 7) is 0. The van der Waals surface area contributed by atoms with Crippen molar-refractivity contribution in [1.29, 1.82) is 0 Å². The normalized spacial score (nSPS) is 29.9. The molecular formula is C15H18F4N2. The summed E-state index contributed by atoms with van der Waals surface area (Å²) in [6.07, 6.45) is -0.115. The van der Waals surface area contributed by atoms with Crippen LogP contribution in [0.2, 0.25) is 0 Å². The van der Waals surface area contributed by atoms with Crippen molar-refractivity contribution in [2.24, 2.45) is 23.6 Å². The van der Waals surface area contributed by atoms with Gasteiger partial charge in [-0.3, -0.25) is 11.3 Å². The summed E-state index contributed by atoms with van der Waals surface area (Å²) in [7, 11) is 0. The van der Waals surface area contributed by atoms with E-state index in [1.165, 1.54) is 18.9 Å². The lowest BCUT2D eigenvalue weighted by atomic mass is 9.98. The first-order chi connectivity index (χ1) is 9.93. The third kappa shape index (κ3) is 2.66. The monoisotopic (exact) mass is 302 g/mol. The zero-order valence-corrected chi connectivity index (χ0v) is 11.5. The lowest BCUT2D eigenvalue weighted by Crippen LogP contribution is -2.30. The van der Waals surface area contributed by atoms with E-state index < -0.39 is 17.6 Å². The highest BCUT2D eigenvalue weighted by Crippen LogP contribution is 2.60. The highest BCUT2D eigenvalue weighted by Gasteiger charge is 2.54. The summed E-state index contributed by atoms with van der Waals surface area (Å²) in [5.41, 5.74) is 1.85. The Morgan fingerprint density at radius 3 is 2.29 bits per heavy atom. The highest BCUT2D eigenvalue weighted by molar-refractivity contribution is 5.31. The average Bonchev–Trinajstić information content (AvgIpc) is 3.15. The van der Waals surface area contributed by atoms with Crippen LogP contribution in [0.15, 0.2) is 18.2 Å². The molecule has 116 valence electrons. The second-order valence-electron chi connectivity index (χ2n) is 6.07. The molecular weight excluding hydrogens is 284 g/mol. The number of hydrogen-bond acceptors (Lipinski definition) is 2. The van der Waals surface area contributed by atoms with Crippen molar-refractivity contribution in [2.75, 3.05) is 0 Å². The fourth-order valence-corrected chi connectivity index (χ4v) is 3.93. The predicted molar refractivity (Wildman–Crippen MR) is 70.4 cm³/mol. The van der Waals surface area contributed by atoms with Crippen molar-refractivity contribution in [3.05, 3.63) is 35.1 Å². The molecule has 0 radical (unpaired) electrons. The summed E-state index contributed by atoms with van der Waals surface area (Å²) in [5.74, 6) is 5.68. The van der Waals surface area contributed by atoms with Crippen molar-refractivity contribution in [3.63, 3.8) is 0 Å². The SMILES string of the molecule is NNC(c1ccc(F)c(C(F)(F)F)c1)C1C2CCCCC21. The van der Waals surface area contributed by atoms with E-state index in [1.54, 1.807) is 0 Å². The number of hydrogen-bond donors (Lipinski definition) is 2. The molecule has 1 aromatic rings. The van der Waals surface area contributed by atoms with Crippen molar-refractivity contribution in [3.8, 4) is 0 Å². The molecule has 2 aliphatic carbocycles. The lowest BCUT2D eigenvalue weighted by Gasteiger charge is -2.19. The Hall–Kier alpha value is -1.14. The summed E-state index contributed by atoms with van der Waals surface area (Å²) in [4.78, 5) is 0. The number of benzene rings is 1. The van der Waals surface area contributed by atoms with Crippen LogP contribution in [0.1, 0.15) is 42.9 Å². The minimum atomic E-state index is -4.68. The predicted octanol–water partition coefficient (Wildman–Crippen LogP) is 3.79. The van der Waals surface area contributed by atoms with Crippen LogP contribution in [0, 0.1) is 23.6 Å². The summed E-state index contributed by atoms with van der Waals surface area (Å²) in [6, 6.07) is 2.85. The molecule has 2 saturated carbocycles. The summed E-state index contributed by atoms with van der Waals surface area (Å²) >= 11 is 0. The maximum atomic E-state index is 13.4. The van der Waals surface area contributed by atoms with Gasteiger partial charge in [0.2, 0.25) is 0 Å². The van der Waals surface area contributed by atoms with Crippen LogP contribution in [-0.2, 0) is 6.18 Å². The highest BCUT2D eigenvalue weighted by atomic mass is 19.4. The van der Waals surface area contributed by atoms with Crippen molar-refractivity contribution in [1.82, 2.24) is 5.43 Å². The van der Waals surface area contributed by atoms with Crippen LogP contribution < -0.4 is 11.3 Å². The fourth-order valence-electron chi connectivity index (χ4n) is 3.93. The first-order valence-corrected chi connectivity index (χ1v) is 7.26. The zero-order valence-electron chi connectivity index (χ0n) is 11.5. The smallest absolute Gasteiger partial charge is 0.271 e. The van der Waals surface area contributed by atoms with Gasteiger partial charge in [0, 0.05) is 6.04 Å². The molecule has 0 spiro atoms. The van der Waals surface area contributed by atoms with E-state index in [2.05, 4.69) is 5.43 Å². The Bertz CT molecular complexity index is 517. The fraction of sp³-hybridized carbons (Fsp3) is 0.600. The molecule has 21 heavy (non-hydrogen) atoms. The van der Waals surface area contributed by atoms with E-state index in [4.69, 9.17) is 5.84 Å². The minimum absolute atomic E-state index is 0.268. The third-order valence-electron chi connectivity index (χ3n) is 4.94. The summed E-state index contributed by atoms with van der Waals surface area (Å²) < 4.78 is 51.8. The van der Waals surface area contributed by atoms with E-state index >= 15 is 0 Å². The maximum Gasteiger partial charge on any atom is 0.419 e. The van der Waals surface area contributed by atoms with Gasteiger partial charge in [0.25, 0.3) is 0 Å². The first-order valence-electron chi connectivity index (χ1n) is 7.26. The molecule has 0 bridgehead atoms. The van der Waals surface area contributed by atoms with Crippen LogP contribution in [0.25, 0.3) is 0 Å². The molecule has 0 saturated heterocycles. The molecule has 2 fully saturated rings. The molecule has 6 heteroatoms. The van der Waals surface area contributed by atoms with Crippen LogP contribution in [0.4, 0.5) is 17.6 Å². The van der Waals surface area contributed by atoms with Gasteiger partial charge in [0.05, 0.1) is 5.56 Å². The second kappa shape index (κ2) is 5.25. The van der Waals surface area contributed by atoms with Gasteiger partial charge in [-0.05, 0) is 48.3 Å². The van der Waals surface area contributed by atoms with Crippen LogP contribution in [-0.4, -0.2) is 0 Å². The molecule has 0 aliphatic heterocycles. The quantitative estimate of drug-likeness (QED) is 0.506. The number of halogens is 4. The minimum Gasteiger partial charge on any atom is -0.271 e. The second-order valence-corrected chi connectivity index (χ2v) is 6.07. The Morgan fingerprint density at radius 2 is 1.76 bits per heavy atom. The largest absolute Gasteiger partial charge is 0.419 e. The van der Waals surface area contributed by atoms with Gasteiger partial charge in [-0.15, -0.1) is 0 Å². The number of nitrogens with one attached hydrogen (secondary N) is 1. The number of alkyl halides is 3. The lowest BCUT2D eigenvalue weighted by molar-refractivity contribution is -0.140. The molecule has 0 aromatic heterocycles. The molecule has 2 aliphatic rings. The Morgan fingerprint density at radius 1 is 1.14 bits per heavy atom. The number of fused-ring (bicyclic) bond motifs is 1. The van der Waals surface area contributed by atoms with Gasteiger partial charge in [0.15, 0.2) is 0 Å². The van der Waals surface area contributed by atoms with E-state index in [1.807, 2.05) is 0 Å². The molecule has 0 amide bonds. The Balaban J connectivity index is 1.88. The van der Waals surface area contributed by atoms with Gasteiger partial charge in [-0.2, -0.15) is 13.2 Å². The average molecular weight is 302 g/mol. The van der Waals surface area contributed by atoms with Gasteiger partial charge < -0.3 is 0 Å². The Kier molecular flexibility index (Phi) is 3.69. The molecule has 3 atom stereocenters. The first kappa shape index (κ1) is 14.8. The van der Waals surface area contributed by atoms with Gasteiger partial charge >= 0.3 is 6.18 Å². The van der Waals surface area contributed by atoms with Gasteiger partial charge in [-0.25, -0.2) is 4.39 Å².